The van der Waals surface area contributed by atoms with Gasteiger partial charge in [0.15, 0.2) is 17.5 Å². The number of nitrogens with one attached hydrogen (secondary N) is 2. The molecule has 1 aromatic heterocycles. The molecule has 2 aromatic rings. The van der Waals surface area contributed by atoms with Gasteiger partial charge in [0.2, 0.25) is 5.75 Å². The van der Waals surface area contributed by atoms with Crippen molar-refractivity contribution < 1.29 is 14.2 Å². The minimum Gasteiger partial charge on any atom is -0.493 e. The Balaban J connectivity index is 2.12. The molecule has 0 saturated carbocycles. The minimum atomic E-state index is 0.486. The van der Waals surface area contributed by atoms with Gasteiger partial charge in [0.25, 0.3) is 0 Å². The number of benzene rings is 1. The molecule has 0 unspecified atom stereocenters. The van der Waals surface area contributed by atoms with Crippen LogP contribution in [0.2, 0.25) is 0 Å². The van der Waals surface area contributed by atoms with Crippen LogP contribution in [-0.2, 0) is 13.1 Å². The fourth-order valence-corrected chi connectivity index (χ4v) is 3.78. The Hall–Kier alpha value is -1.93. The van der Waals surface area contributed by atoms with Gasteiger partial charge >= 0.3 is 0 Å². The summed E-state index contributed by atoms with van der Waals surface area (Å²) in [5.41, 5.74) is 0.968. The molecular formula is C18H24BrN3O3S. The maximum atomic E-state index is 5.39. The van der Waals surface area contributed by atoms with Crippen molar-refractivity contribution in [1.29, 1.82) is 0 Å². The second-order valence-corrected chi connectivity index (χ2v) is 7.84. The number of halogens is 1. The van der Waals surface area contributed by atoms with E-state index in [1.54, 1.807) is 32.7 Å². The normalized spacial score (nSPS) is 11.2. The fraction of sp³-hybridized carbons (Fsp3) is 0.389. The third-order valence-corrected chi connectivity index (χ3v) is 5.17. The van der Waals surface area contributed by atoms with Crippen molar-refractivity contribution in [3.63, 3.8) is 0 Å². The molecule has 0 aliphatic heterocycles. The average Bonchev–Trinajstić information content (AvgIpc) is 3.08. The third kappa shape index (κ3) is 5.54. The van der Waals surface area contributed by atoms with Gasteiger partial charge in [-0.15, -0.1) is 11.3 Å². The molecular weight excluding hydrogens is 418 g/mol. The van der Waals surface area contributed by atoms with Crippen molar-refractivity contribution >= 4 is 33.2 Å². The van der Waals surface area contributed by atoms with E-state index in [4.69, 9.17) is 14.2 Å². The number of ether oxygens (including phenoxy) is 3. The molecule has 8 heteroatoms. The molecule has 142 valence electrons. The Morgan fingerprint density at radius 3 is 2.27 bits per heavy atom. The predicted molar refractivity (Wildman–Crippen MR) is 110 cm³/mol. The Morgan fingerprint density at radius 1 is 1.08 bits per heavy atom. The molecule has 0 aliphatic rings. The highest BCUT2D eigenvalue weighted by Crippen LogP contribution is 2.38. The van der Waals surface area contributed by atoms with Crippen molar-refractivity contribution in [2.45, 2.75) is 20.0 Å². The van der Waals surface area contributed by atoms with E-state index in [9.17, 15) is 0 Å². The first-order valence-electron chi connectivity index (χ1n) is 8.16. The molecule has 26 heavy (non-hydrogen) atoms. The Kier molecular flexibility index (Phi) is 8.06. The van der Waals surface area contributed by atoms with E-state index in [1.165, 1.54) is 4.88 Å². The highest BCUT2D eigenvalue weighted by molar-refractivity contribution is 9.11. The van der Waals surface area contributed by atoms with Gasteiger partial charge < -0.3 is 24.8 Å². The van der Waals surface area contributed by atoms with Crippen LogP contribution in [0.5, 0.6) is 17.2 Å². The zero-order chi connectivity index (χ0) is 18.9. The maximum absolute atomic E-state index is 5.39. The summed E-state index contributed by atoms with van der Waals surface area (Å²) in [6.07, 6.45) is 0. The Bertz CT molecular complexity index is 724. The summed E-state index contributed by atoms with van der Waals surface area (Å²) in [6, 6.07) is 7.95. The molecule has 0 atom stereocenters. The van der Waals surface area contributed by atoms with Gasteiger partial charge in [-0.2, -0.15) is 0 Å². The monoisotopic (exact) mass is 441 g/mol. The topological polar surface area (TPSA) is 64.1 Å². The van der Waals surface area contributed by atoms with Crippen molar-refractivity contribution in [2.75, 3.05) is 27.9 Å². The van der Waals surface area contributed by atoms with E-state index >= 15 is 0 Å². The van der Waals surface area contributed by atoms with Gasteiger partial charge in [0, 0.05) is 11.4 Å². The molecule has 0 fully saturated rings. The standard InChI is InChI=1S/C18H24BrN3O3S/c1-5-20-18(22-11-13-6-7-16(19)26-13)21-10-12-8-14(23-2)17(25-4)15(9-12)24-3/h6-9H,5,10-11H2,1-4H3,(H2,20,21,22). The van der Waals surface area contributed by atoms with Gasteiger partial charge in [-0.05, 0) is 52.7 Å². The van der Waals surface area contributed by atoms with Gasteiger partial charge in [-0.3, -0.25) is 0 Å². The van der Waals surface area contributed by atoms with Crippen LogP contribution in [0.15, 0.2) is 33.0 Å². The van der Waals surface area contributed by atoms with Crippen LogP contribution in [0.4, 0.5) is 0 Å². The molecule has 2 rings (SSSR count). The Labute approximate surface area is 166 Å². The number of rotatable bonds is 8. The SMILES string of the molecule is CCNC(=NCc1cc(OC)c(OC)c(OC)c1)NCc1ccc(Br)s1. The van der Waals surface area contributed by atoms with Gasteiger partial charge in [0.1, 0.15) is 0 Å². The summed E-state index contributed by atoms with van der Waals surface area (Å²) in [5.74, 6) is 2.58. The summed E-state index contributed by atoms with van der Waals surface area (Å²) < 4.78 is 17.3. The molecule has 1 heterocycles. The van der Waals surface area contributed by atoms with E-state index in [-0.39, 0.29) is 0 Å². The van der Waals surface area contributed by atoms with Crippen LogP contribution in [0, 0.1) is 0 Å². The lowest BCUT2D eigenvalue weighted by Crippen LogP contribution is -2.36. The molecule has 0 amide bonds. The summed E-state index contributed by atoms with van der Waals surface area (Å²) >= 11 is 5.18. The quantitative estimate of drug-likeness (QED) is 0.481. The summed E-state index contributed by atoms with van der Waals surface area (Å²) in [5, 5.41) is 6.60. The van der Waals surface area contributed by atoms with E-state index in [0.717, 1.165) is 28.4 Å². The smallest absolute Gasteiger partial charge is 0.203 e. The highest BCUT2D eigenvalue weighted by Gasteiger charge is 2.13. The van der Waals surface area contributed by atoms with Crippen LogP contribution in [0.3, 0.4) is 0 Å². The Morgan fingerprint density at radius 2 is 1.77 bits per heavy atom. The van der Waals surface area contributed by atoms with Crippen LogP contribution < -0.4 is 24.8 Å². The molecule has 6 nitrogen and oxygen atoms in total. The largest absolute Gasteiger partial charge is 0.493 e. The summed E-state index contributed by atoms with van der Waals surface area (Å²) in [6.45, 7) is 4.03. The van der Waals surface area contributed by atoms with Crippen molar-refractivity contribution in [2.24, 2.45) is 4.99 Å². The zero-order valence-corrected chi connectivity index (χ0v) is 17.8. The van der Waals surface area contributed by atoms with E-state index in [1.807, 2.05) is 25.1 Å². The lowest BCUT2D eigenvalue weighted by atomic mass is 10.2. The molecule has 0 saturated heterocycles. The lowest BCUT2D eigenvalue weighted by Gasteiger charge is -2.14. The maximum Gasteiger partial charge on any atom is 0.203 e. The zero-order valence-electron chi connectivity index (χ0n) is 15.4. The van der Waals surface area contributed by atoms with Crippen LogP contribution in [0.1, 0.15) is 17.4 Å². The van der Waals surface area contributed by atoms with Crippen LogP contribution in [0.25, 0.3) is 0 Å². The van der Waals surface area contributed by atoms with E-state index in [2.05, 4.69) is 37.6 Å². The van der Waals surface area contributed by atoms with Gasteiger partial charge in [0.05, 0.1) is 38.2 Å². The van der Waals surface area contributed by atoms with Crippen molar-refractivity contribution in [3.8, 4) is 17.2 Å². The fourth-order valence-electron chi connectivity index (χ4n) is 2.36. The molecule has 1 aromatic carbocycles. The predicted octanol–water partition coefficient (Wildman–Crippen LogP) is 3.79. The first kappa shape index (κ1) is 20.4. The summed E-state index contributed by atoms with van der Waals surface area (Å²) in [7, 11) is 4.80. The first-order valence-corrected chi connectivity index (χ1v) is 9.77. The van der Waals surface area contributed by atoms with Crippen molar-refractivity contribution in [1.82, 2.24) is 10.6 Å². The number of hydrogen-bond acceptors (Lipinski definition) is 5. The number of methoxy groups -OCH3 is 3. The van der Waals surface area contributed by atoms with E-state index < -0.39 is 0 Å². The minimum absolute atomic E-state index is 0.486. The first-order chi connectivity index (χ1) is 12.6. The second kappa shape index (κ2) is 10.3. The van der Waals surface area contributed by atoms with Crippen LogP contribution in [-0.4, -0.2) is 33.8 Å². The van der Waals surface area contributed by atoms with Gasteiger partial charge in [-0.25, -0.2) is 4.99 Å². The number of aliphatic imine (C=N–C) groups is 1. The molecule has 0 bridgehead atoms. The summed E-state index contributed by atoms with van der Waals surface area (Å²) in [4.78, 5) is 5.88. The highest BCUT2D eigenvalue weighted by atomic mass is 79.9. The second-order valence-electron chi connectivity index (χ2n) is 5.29. The number of thiophene rings is 1. The molecule has 2 N–H and O–H groups in total. The van der Waals surface area contributed by atoms with E-state index in [0.29, 0.717) is 23.8 Å². The molecule has 0 aliphatic carbocycles. The third-order valence-electron chi connectivity index (χ3n) is 3.55. The van der Waals surface area contributed by atoms with Gasteiger partial charge in [-0.1, -0.05) is 0 Å². The number of hydrogen-bond donors (Lipinski definition) is 2. The number of guanidine groups is 1. The average molecular weight is 442 g/mol. The van der Waals surface area contributed by atoms with Crippen LogP contribution >= 0.6 is 27.3 Å². The van der Waals surface area contributed by atoms with Crippen molar-refractivity contribution in [3.05, 3.63) is 38.5 Å². The molecule has 0 radical (unpaired) electrons. The molecule has 0 spiro atoms. The lowest BCUT2D eigenvalue weighted by molar-refractivity contribution is 0.324. The number of nitrogens with zero attached hydrogens (tertiary/aromatic N) is 1.